The van der Waals surface area contributed by atoms with Gasteiger partial charge in [0.1, 0.15) is 12.3 Å². The number of ether oxygens (including phenoxy) is 1. The number of carbonyl (C=O) groups is 1. The third kappa shape index (κ3) is 3.72. The predicted molar refractivity (Wildman–Crippen MR) is 68.1 cm³/mol. The van der Waals surface area contributed by atoms with Crippen LogP contribution in [0.4, 0.5) is 0 Å². The van der Waals surface area contributed by atoms with Crippen molar-refractivity contribution in [3.8, 4) is 5.75 Å². The first kappa shape index (κ1) is 15.0. The fourth-order valence-electron chi connectivity index (χ4n) is 1.86. The molecule has 102 valence electrons. The molecule has 0 aliphatic heterocycles. The molecule has 5 nitrogen and oxygen atoms in total. The van der Waals surface area contributed by atoms with Crippen LogP contribution in [-0.4, -0.2) is 35.9 Å². The minimum absolute atomic E-state index is 0. The van der Waals surface area contributed by atoms with E-state index in [2.05, 4.69) is 9.98 Å². The van der Waals surface area contributed by atoms with Gasteiger partial charge in [-0.1, -0.05) is 0 Å². The Bertz CT molecular complexity index is 593. The van der Waals surface area contributed by atoms with Crippen LogP contribution in [0.1, 0.15) is 5.56 Å². The van der Waals surface area contributed by atoms with Crippen LogP contribution >= 0.6 is 0 Å². The highest BCUT2D eigenvalue weighted by Gasteiger charge is 2.05. The third-order valence-electron chi connectivity index (χ3n) is 2.74. The number of aliphatic carboxylic acids is 1. The van der Waals surface area contributed by atoms with Crippen LogP contribution in [0.2, 0.25) is 0 Å². The minimum Gasteiger partial charge on any atom is -1.00 e. The van der Waals surface area contributed by atoms with E-state index in [9.17, 15) is 4.79 Å². The zero-order chi connectivity index (χ0) is 13.0. The van der Waals surface area contributed by atoms with E-state index in [1.54, 1.807) is 7.11 Å². The summed E-state index contributed by atoms with van der Waals surface area (Å²) in [6.07, 6.45) is 3.74. The van der Waals surface area contributed by atoms with Crippen molar-refractivity contribution in [3.63, 3.8) is 0 Å². The normalized spacial score (nSPS) is 10.6. The monoisotopic (exact) mass is 282 g/mol. The summed E-state index contributed by atoms with van der Waals surface area (Å²) in [5, 5.41) is 9.57. The predicted octanol–water partition coefficient (Wildman–Crippen LogP) is -3.04. The van der Waals surface area contributed by atoms with Crippen molar-refractivity contribution in [2.75, 3.05) is 13.7 Å². The number of H-pyrrole nitrogens is 1. The topological polar surface area (TPSA) is 76.3 Å². The summed E-state index contributed by atoms with van der Waals surface area (Å²) in [5.41, 5.74) is 2.18. The minimum atomic E-state index is -0.962. The lowest BCUT2D eigenvalue weighted by atomic mass is 10.1. The van der Waals surface area contributed by atoms with E-state index in [0.717, 1.165) is 34.9 Å². The maximum atomic E-state index is 10.3. The van der Waals surface area contributed by atoms with E-state index in [1.165, 1.54) is 0 Å². The summed E-state index contributed by atoms with van der Waals surface area (Å²) >= 11 is 0. The van der Waals surface area contributed by atoms with Gasteiger partial charge in [0.15, 0.2) is 0 Å². The molecule has 0 amide bonds. The first-order chi connectivity index (χ1) is 8.70. The molecule has 0 bridgehead atoms. The maximum absolute atomic E-state index is 10.3. The molecule has 0 fully saturated rings. The van der Waals surface area contributed by atoms with E-state index in [0.29, 0.717) is 6.54 Å². The lowest BCUT2D eigenvalue weighted by molar-refractivity contribution is -0.450. The van der Waals surface area contributed by atoms with E-state index in [4.69, 9.17) is 9.84 Å². The first-order valence-corrected chi connectivity index (χ1v) is 5.64. The molecule has 19 heavy (non-hydrogen) atoms. The number of carboxylic acids is 1. The molecule has 2 rings (SSSR count). The quantitative estimate of drug-likeness (QED) is 0.511. The standard InChI is InChI=1S/C13H14N2O3.ClH/c1-18-10-2-3-12-11(6-10)9(7-15-12)4-5-14-8-13(16)17;/h2-3,6-8,15H,4-5H2,1H3,(H,16,17);1H. The van der Waals surface area contributed by atoms with Crippen LogP contribution in [0.25, 0.3) is 10.9 Å². The molecular weight excluding hydrogens is 268 g/mol. The Hall–Kier alpha value is -2.01. The Kier molecular flexibility index (Phi) is 5.38. The van der Waals surface area contributed by atoms with Crippen molar-refractivity contribution in [1.29, 1.82) is 0 Å². The zero-order valence-corrected chi connectivity index (χ0v) is 11.2. The van der Waals surface area contributed by atoms with Crippen LogP contribution in [0.5, 0.6) is 5.75 Å². The Balaban J connectivity index is 0.00000180. The molecule has 0 aliphatic carbocycles. The van der Waals surface area contributed by atoms with Crippen molar-refractivity contribution in [1.82, 2.24) is 4.98 Å². The van der Waals surface area contributed by atoms with Gasteiger partial charge in [-0.15, -0.1) is 0 Å². The van der Waals surface area contributed by atoms with Crippen LogP contribution in [0.3, 0.4) is 0 Å². The first-order valence-electron chi connectivity index (χ1n) is 5.64. The van der Waals surface area contributed by atoms with Gasteiger partial charge in [-0.3, -0.25) is 0 Å². The molecule has 1 aromatic heterocycles. The van der Waals surface area contributed by atoms with Gasteiger partial charge in [0.2, 0.25) is 6.21 Å². The Labute approximate surface area is 116 Å². The second-order valence-electron chi connectivity index (χ2n) is 3.91. The second-order valence-corrected chi connectivity index (χ2v) is 3.91. The van der Waals surface area contributed by atoms with Gasteiger partial charge in [-0.25, -0.2) is 9.79 Å². The summed E-state index contributed by atoms with van der Waals surface area (Å²) < 4.78 is 5.19. The van der Waals surface area contributed by atoms with Crippen LogP contribution < -0.4 is 22.1 Å². The highest BCUT2D eigenvalue weighted by Crippen LogP contribution is 2.23. The number of fused-ring (bicyclic) bond motifs is 1. The number of hydrogen-bond donors (Lipinski definition) is 3. The highest BCUT2D eigenvalue weighted by atomic mass is 35.5. The number of hydrogen-bond acceptors (Lipinski definition) is 2. The van der Waals surface area contributed by atoms with Gasteiger partial charge in [0, 0.05) is 23.5 Å². The number of aromatic amines is 1. The molecule has 0 spiro atoms. The number of halogens is 1. The largest absolute Gasteiger partial charge is 1.00 e. The van der Waals surface area contributed by atoms with Gasteiger partial charge in [-0.05, 0) is 23.8 Å². The Morgan fingerprint density at radius 2 is 2.32 bits per heavy atom. The van der Waals surface area contributed by atoms with Crippen molar-refractivity contribution in [3.05, 3.63) is 30.0 Å². The number of rotatable bonds is 5. The SMILES string of the molecule is COc1ccc2[nH]cc(CC[NH+]=CC(=O)O)c2c1.[Cl-]. The lowest BCUT2D eigenvalue weighted by Gasteiger charge is -2.00. The Morgan fingerprint density at radius 1 is 1.53 bits per heavy atom. The van der Waals surface area contributed by atoms with Gasteiger partial charge in [-0.2, -0.15) is 0 Å². The molecule has 2 aromatic rings. The average Bonchev–Trinajstić information content (AvgIpc) is 2.76. The van der Waals surface area contributed by atoms with E-state index in [-0.39, 0.29) is 12.4 Å². The van der Waals surface area contributed by atoms with Crippen molar-refractivity contribution in [2.45, 2.75) is 6.42 Å². The van der Waals surface area contributed by atoms with Gasteiger partial charge < -0.3 is 27.2 Å². The molecule has 1 heterocycles. The zero-order valence-electron chi connectivity index (χ0n) is 10.4. The van der Waals surface area contributed by atoms with Crippen molar-refractivity contribution in [2.24, 2.45) is 0 Å². The fraction of sp³-hybridized carbons (Fsp3) is 0.231. The van der Waals surface area contributed by atoms with Gasteiger partial charge >= 0.3 is 5.97 Å². The molecule has 0 atom stereocenters. The molecule has 3 N–H and O–H groups in total. The second kappa shape index (κ2) is 6.80. The number of nitrogens with one attached hydrogen (secondary N) is 2. The maximum Gasteiger partial charge on any atom is 0.392 e. The smallest absolute Gasteiger partial charge is 0.392 e. The molecule has 0 saturated carbocycles. The summed E-state index contributed by atoms with van der Waals surface area (Å²) in [7, 11) is 1.64. The Morgan fingerprint density at radius 3 is 3.00 bits per heavy atom. The number of methoxy groups -OCH3 is 1. The van der Waals surface area contributed by atoms with Gasteiger partial charge in [0.25, 0.3) is 0 Å². The average molecular weight is 283 g/mol. The fourth-order valence-corrected chi connectivity index (χ4v) is 1.86. The molecular formula is C13H15ClN2O3. The van der Waals surface area contributed by atoms with E-state index in [1.807, 2.05) is 24.4 Å². The molecule has 1 aromatic carbocycles. The van der Waals surface area contributed by atoms with Crippen LogP contribution in [0.15, 0.2) is 24.4 Å². The highest BCUT2D eigenvalue weighted by molar-refractivity contribution is 6.19. The van der Waals surface area contributed by atoms with Crippen molar-refractivity contribution < 1.29 is 32.0 Å². The van der Waals surface area contributed by atoms with E-state index < -0.39 is 5.97 Å². The number of aromatic nitrogens is 1. The van der Waals surface area contributed by atoms with Crippen molar-refractivity contribution >= 4 is 23.1 Å². The summed E-state index contributed by atoms with van der Waals surface area (Å²) in [6, 6.07) is 5.84. The molecule has 6 heteroatoms. The summed E-state index contributed by atoms with van der Waals surface area (Å²) in [6.45, 7) is 0.580. The lowest BCUT2D eigenvalue weighted by Crippen LogP contribution is -3.00. The number of carboxylic acid groups (broad SMARTS) is 1. The van der Waals surface area contributed by atoms with Crippen LogP contribution in [0, 0.1) is 0 Å². The molecule has 0 unspecified atom stereocenters. The number of benzene rings is 1. The summed E-state index contributed by atoms with van der Waals surface area (Å²) in [4.78, 5) is 16.2. The van der Waals surface area contributed by atoms with Crippen LogP contribution in [-0.2, 0) is 11.2 Å². The molecule has 0 aliphatic rings. The summed E-state index contributed by atoms with van der Waals surface area (Å²) in [5.74, 6) is -0.149. The molecule has 0 saturated heterocycles. The third-order valence-corrected chi connectivity index (χ3v) is 2.74. The van der Waals surface area contributed by atoms with E-state index >= 15 is 0 Å². The van der Waals surface area contributed by atoms with Gasteiger partial charge in [0.05, 0.1) is 7.11 Å². The molecule has 0 radical (unpaired) electrons.